The fourth-order valence-electron chi connectivity index (χ4n) is 1.87. The number of rotatable bonds is 11. The Bertz CT molecular complexity index is 476. The van der Waals surface area contributed by atoms with Gasteiger partial charge in [-0.1, -0.05) is 37.8 Å². The quantitative estimate of drug-likeness (QED) is 0.495. The number of carbonyl (C=O) groups is 2. The van der Waals surface area contributed by atoms with Crippen molar-refractivity contribution in [2.24, 2.45) is 0 Å². The van der Waals surface area contributed by atoms with Gasteiger partial charge in [0.25, 0.3) is 0 Å². The van der Waals surface area contributed by atoms with Crippen LogP contribution in [-0.4, -0.2) is 31.6 Å². The van der Waals surface area contributed by atoms with Crippen LogP contribution in [0.2, 0.25) is 5.02 Å². The highest BCUT2D eigenvalue weighted by Gasteiger charge is 2.05. The summed E-state index contributed by atoms with van der Waals surface area (Å²) in [5.74, 6) is 0.0680. The van der Waals surface area contributed by atoms with Gasteiger partial charge >= 0.3 is 5.97 Å². The Labute approximate surface area is 142 Å². The third kappa shape index (κ3) is 9.79. The standard InChI is InChI=1S/C17H24ClNO4/c1-2-3-4-5-6-16(20)19-11-12-22-17(21)13-23-15-9-7-14(18)8-10-15/h7-10H,2-6,11-13H2,1H3,(H,19,20). The molecule has 0 saturated heterocycles. The van der Waals surface area contributed by atoms with Gasteiger partial charge in [0.1, 0.15) is 12.4 Å². The number of nitrogens with one attached hydrogen (secondary N) is 1. The van der Waals surface area contributed by atoms with E-state index in [1.165, 1.54) is 0 Å². The lowest BCUT2D eigenvalue weighted by Crippen LogP contribution is -2.28. The van der Waals surface area contributed by atoms with E-state index in [2.05, 4.69) is 12.2 Å². The normalized spacial score (nSPS) is 10.2. The van der Waals surface area contributed by atoms with Crippen LogP contribution in [0.4, 0.5) is 0 Å². The second-order valence-electron chi connectivity index (χ2n) is 5.12. The molecule has 0 heterocycles. The molecule has 0 aliphatic rings. The number of amides is 1. The molecule has 6 heteroatoms. The average molecular weight is 342 g/mol. The summed E-state index contributed by atoms with van der Waals surface area (Å²) in [4.78, 5) is 23.0. The maximum atomic E-state index is 11.5. The van der Waals surface area contributed by atoms with Gasteiger partial charge in [-0.15, -0.1) is 0 Å². The van der Waals surface area contributed by atoms with Gasteiger partial charge in [-0.3, -0.25) is 4.79 Å². The maximum Gasteiger partial charge on any atom is 0.344 e. The Morgan fingerprint density at radius 1 is 1.13 bits per heavy atom. The number of halogens is 1. The Morgan fingerprint density at radius 3 is 2.57 bits per heavy atom. The van der Waals surface area contributed by atoms with E-state index < -0.39 is 5.97 Å². The van der Waals surface area contributed by atoms with Gasteiger partial charge in [0, 0.05) is 11.4 Å². The maximum absolute atomic E-state index is 11.5. The van der Waals surface area contributed by atoms with Crippen LogP contribution in [0, 0.1) is 0 Å². The molecule has 1 amide bonds. The Hall–Kier alpha value is -1.75. The van der Waals surface area contributed by atoms with Crippen LogP contribution >= 0.6 is 11.6 Å². The van der Waals surface area contributed by atoms with Crippen molar-refractivity contribution >= 4 is 23.5 Å². The highest BCUT2D eigenvalue weighted by Crippen LogP contribution is 2.15. The van der Waals surface area contributed by atoms with Crippen LogP contribution in [0.15, 0.2) is 24.3 Å². The molecule has 0 bridgehead atoms. The summed E-state index contributed by atoms with van der Waals surface area (Å²) < 4.78 is 10.2. The highest BCUT2D eigenvalue weighted by molar-refractivity contribution is 6.30. The Morgan fingerprint density at radius 2 is 1.87 bits per heavy atom. The molecule has 0 aliphatic carbocycles. The van der Waals surface area contributed by atoms with E-state index in [1.807, 2.05) is 0 Å². The zero-order chi connectivity index (χ0) is 16.9. The van der Waals surface area contributed by atoms with Gasteiger partial charge < -0.3 is 14.8 Å². The third-order valence-electron chi connectivity index (χ3n) is 3.11. The number of hydrogen-bond acceptors (Lipinski definition) is 4. The largest absolute Gasteiger partial charge is 0.482 e. The second-order valence-corrected chi connectivity index (χ2v) is 5.56. The van der Waals surface area contributed by atoms with Crippen molar-refractivity contribution in [2.45, 2.75) is 39.0 Å². The zero-order valence-electron chi connectivity index (χ0n) is 13.5. The molecule has 1 aromatic carbocycles. The van der Waals surface area contributed by atoms with Gasteiger partial charge in [-0.2, -0.15) is 0 Å². The first-order valence-electron chi connectivity index (χ1n) is 7.92. The van der Waals surface area contributed by atoms with Crippen LogP contribution in [0.5, 0.6) is 5.75 Å². The summed E-state index contributed by atoms with van der Waals surface area (Å²) in [6.45, 7) is 2.42. The van der Waals surface area contributed by atoms with Gasteiger partial charge in [-0.25, -0.2) is 4.79 Å². The van der Waals surface area contributed by atoms with Gasteiger partial charge in [0.15, 0.2) is 6.61 Å². The highest BCUT2D eigenvalue weighted by atomic mass is 35.5. The summed E-state index contributed by atoms with van der Waals surface area (Å²) >= 11 is 5.75. The van der Waals surface area contributed by atoms with Gasteiger partial charge in [-0.05, 0) is 30.7 Å². The lowest BCUT2D eigenvalue weighted by Gasteiger charge is -2.08. The van der Waals surface area contributed by atoms with Gasteiger partial charge in [0.2, 0.25) is 5.91 Å². The molecule has 128 valence electrons. The summed E-state index contributed by atoms with van der Waals surface area (Å²) in [7, 11) is 0. The first kappa shape index (κ1) is 19.3. The van der Waals surface area contributed by atoms with E-state index in [4.69, 9.17) is 21.1 Å². The molecular weight excluding hydrogens is 318 g/mol. The first-order chi connectivity index (χ1) is 11.1. The van der Waals surface area contributed by atoms with Crippen molar-refractivity contribution < 1.29 is 19.1 Å². The number of hydrogen-bond donors (Lipinski definition) is 1. The van der Waals surface area contributed by atoms with E-state index in [9.17, 15) is 9.59 Å². The molecule has 5 nitrogen and oxygen atoms in total. The van der Waals surface area contributed by atoms with Crippen LogP contribution in [0.1, 0.15) is 39.0 Å². The minimum atomic E-state index is -0.475. The molecule has 0 spiro atoms. The molecule has 0 radical (unpaired) electrons. The van der Waals surface area contributed by atoms with Crippen molar-refractivity contribution in [2.75, 3.05) is 19.8 Å². The summed E-state index contributed by atoms with van der Waals surface area (Å²) in [6, 6.07) is 6.71. The fourth-order valence-corrected chi connectivity index (χ4v) is 2.00. The van der Waals surface area contributed by atoms with E-state index >= 15 is 0 Å². The fraction of sp³-hybridized carbons (Fsp3) is 0.529. The number of benzene rings is 1. The Kier molecular flexibility index (Phi) is 9.87. The molecule has 1 aromatic rings. The van der Waals surface area contributed by atoms with Crippen LogP contribution < -0.4 is 10.1 Å². The average Bonchev–Trinajstić information content (AvgIpc) is 2.55. The molecule has 1 N–H and O–H groups in total. The number of ether oxygens (including phenoxy) is 2. The van der Waals surface area contributed by atoms with Crippen LogP contribution in [0.3, 0.4) is 0 Å². The minimum absolute atomic E-state index is 0.00503. The zero-order valence-corrected chi connectivity index (χ0v) is 14.2. The molecule has 0 fully saturated rings. The number of unbranched alkanes of at least 4 members (excludes halogenated alkanes) is 3. The Balaban J connectivity index is 2.03. The molecule has 0 atom stereocenters. The van der Waals surface area contributed by atoms with Crippen molar-refractivity contribution in [3.8, 4) is 5.75 Å². The van der Waals surface area contributed by atoms with Crippen molar-refractivity contribution in [3.63, 3.8) is 0 Å². The van der Waals surface area contributed by atoms with Crippen molar-refractivity contribution in [1.29, 1.82) is 0 Å². The monoisotopic (exact) mass is 341 g/mol. The van der Waals surface area contributed by atoms with Crippen molar-refractivity contribution in [3.05, 3.63) is 29.3 Å². The third-order valence-corrected chi connectivity index (χ3v) is 3.37. The lowest BCUT2D eigenvalue weighted by atomic mass is 10.1. The smallest absolute Gasteiger partial charge is 0.344 e. The number of carbonyl (C=O) groups excluding carboxylic acids is 2. The number of esters is 1. The molecule has 23 heavy (non-hydrogen) atoms. The minimum Gasteiger partial charge on any atom is -0.482 e. The van der Waals surface area contributed by atoms with Crippen LogP contribution in [0.25, 0.3) is 0 Å². The summed E-state index contributed by atoms with van der Waals surface area (Å²) in [6.07, 6.45) is 4.79. The summed E-state index contributed by atoms with van der Waals surface area (Å²) in [5.41, 5.74) is 0. The van der Waals surface area contributed by atoms with Gasteiger partial charge in [0.05, 0.1) is 6.54 Å². The lowest BCUT2D eigenvalue weighted by molar-refractivity contribution is -0.146. The van der Waals surface area contributed by atoms with E-state index in [-0.39, 0.29) is 19.1 Å². The van der Waals surface area contributed by atoms with E-state index in [1.54, 1.807) is 24.3 Å². The van der Waals surface area contributed by atoms with Crippen molar-refractivity contribution in [1.82, 2.24) is 5.32 Å². The predicted octanol–water partition coefficient (Wildman–Crippen LogP) is 3.35. The first-order valence-corrected chi connectivity index (χ1v) is 8.30. The predicted molar refractivity (Wildman–Crippen MR) is 89.7 cm³/mol. The summed E-state index contributed by atoms with van der Waals surface area (Å²) in [5, 5.41) is 3.33. The molecule has 0 aromatic heterocycles. The van der Waals surface area contributed by atoms with E-state index in [0.29, 0.717) is 23.7 Å². The second kappa shape index (κ2) is 11.8. The van der Waals surface area contributed by atoms with E-state index in [0.717, 1.165) is 25.7 Å². The SMILES string of the molecule is CCCCCCC(=O)NCCOC(=O)COc1ccc(Cl)cc1. The molecule has 0 aliphatic heterocycles. The molecule has 0 saturated carbocycles. The van der Waals surface area contributed by atoms with Crippen LogP contribution in [-0.2, 0) is 14.3 Å². The molecule has 0 unspecified atom stereocenters. The molecule has 1 rings (SSSR count). The molecular formula is C17H24ClNO4. The topological polar surface area (TPSA) is 64.6 Å².